The minimum absolute atomic E-state index is 0.0739. The van der Waals surface area contributed by atoms with E-state index in [1.165, 1.54) is 11.0 Å². The number of carbonyl (C=O) groups excluding carboxylic acids is 3. The highest BCUT2D eigenvalue weighted by molar-refractivity contribution is 6.37. The first-order valence-electron chi connectivity index (χ1n) is 11.8. The molecule has 7 nitrogen and oxygen atoms in total. The molecule has 0 radical (unpaired) electrons. The van der Waals surface area contributed by atoms with Gasteiger partial charge in [0, 0.05) is 22.9 Å². The Hall–Kier alpha value is -3.81. The predicted molar refractivity (Wildman–Crippen MR) is 137 cm³/mol. The highest BCUT2D eigenvalue weighted by atomic mass is 35.5. The van der Waals surface area contributed by atoms with E-state index in [-0.39, 0.29) is 29.1 Å². The van der Waals surface area contributed by atoms with Crippen molar-refractivity contribution in [3.05, 3.63) is 93.6 Å². The van der Waals surface area contributed by atoms with E-state index >= 15 is 0 Å². The molecule has 0 aromatic heterocycles. The van der Waals surface area contributed by atoms with Crippen LogP contribution in [0.2, 0.25) is 10.0 Å². The van der Waals surface area contributed by atoms with Crippen molar-refractivity contribution in [3.63, 3.8) is 0 Å². The van der Waals surface area contributed by atoms with E-state index < -0.39 is 29.8 Å². The van der Waals surface area contributed by atoms with Gasteiger partial charge in [0.15, 0.2) is 17.3 Å². The SMILES string of the molecule is O=C(c1ccc(Cl)cc1Cl)[C@H]1[C@H]2C(=O)N(c3ccc4c(c3)OCO4)C(=O)[C@@H]2[C@H]2c3ccccc3C=CN21. The van der Waals surface area contributed by atoms with Gasteiger partial charge in [-0.25, -0.2) is 4.90 Å². The molecule has 0 N–H and O–H groups in total. The fourth-order valence-corrected chi connectivity index (χ4v) is 6.49. The molecular weight excluding hydrogens is 515 g/mol. The van der Waals surface area contributed by atoms with Crippen molar-refractivity contribution in [2.24, 2.45) is 11.8 Å². The molecule has 0 aliphatic carbocycles. The van der Waals surface area contributed by atoms with Crippen molar-refractivity contribution in [2.75, 3.05) is 11.7 Å². The van der Waals surface area contributed by atoms with Gasteiger partial charge in [-0.1, -0.05) is 47.5 Å². The lowest BCUT2D eigenvalue weighted by Gasteiger charge is -2.35. The van der Waals surface area contributed by atoms with Crippen molar-refractivity contribution in [1.29, 1.82) is 0 Å². The quantitative estimate of drug-likeness (QED) is 0.344. The minimum Gasteiger partial charge on any atom is -0.454 e. The first kappa shape index (κ1) is 22.4. The number of fused-ring (bicyclic) bond motifs is 6. The molecule has 2 fully saturated rings. The number of nitrogens with zero attached hydrogens (tertiary/aromatic N) is 2. The number of hydrogen-bond donors (Lipinski definition) is 0. The van der Waals surface area contributed by atoms with Gasteiger partial charge in [0.1, 0.15) is 6.04 Å². The molecule has 4 atom stereocenters. The molecule has 2 amide bonds. The third kappa shape index (κ3) is 3.17. The minimum atomic E-state index is -0.922. The lowest BCUT2D eigenvalue weighted by atomic mass is 9.83. The molecule has 2 saturated heterocycles. The van der Waals surface area contributed by atoms with E-state index in [9.17, 15) is 14.4 Å². The van der Waals surface area contributed by atoms with Gasteiger partial charge in [0.05, 0.1) is 28.6 Å². The van der Waals surface area contributed by atoms with Crippen LogP contribution in [0.3, 0.4) is 0 Å². The average molecular weight is 533 g/mol. The molecule has 4 heterocycles. The van der Waals surface area contributed by atoms with Crippen molar-refractivity contribution in [3.8, 4) is 11.5 Å². The molecule has 4 aliphatic rings. The Morgan fingerprint density at radius 1 is 0.892 bits per heavy atom. The Morgan fingerprint density at radius 3 is 2.51 bits per heavy atom. The average Bonchev–Trinajstić information content (AvgIpc) is 3.56. The van der Waals surface area contributed by atoms with E-state index in [2.05, 4.69) is 0 Å². The van der Waals surface area contributed by atoms with Crippen molar-refractivity contribution >= 4 is 52.6 Å². The summed E-state index contributed by atoms with van der Waals surface area (Å²) < 4.78 is 10.8. The van der Waals surface area contributed by atoms with Crippen LogP contribution >= 0.6 is 23.2 Å². The third-order valence-electron chi connectivity index (χ3n) is 7.54. The van der Waals surface area contributed by atoms with Crippen LogP contribution < -0.4 is 14.4 Å². The summed E-state index contributed by atoms with van der Waals surface area (Å²) in [7, 11) is 0. The molecule has 9 heteroatoms. The summed E-state index contributed by atoms with van der Waals surface area (Å²) in [5.41, 5.74) is 2.48. The monoisotopic (exact) mass is 532 g/mol. The highest BCUT2D eigenvalue weighted by Crippen LogP contribution is 2.54. The molecule has 4 aliphatic heterocycles. The fraction of sp³-hybridized carbons (Fsp3) is 0.179. The standard InChI is InChI=1S/C28H18Cl2N2O5/c29-15-5-7-18(19(30)11-15)26(33)25-23-22(24-17-4-2-1-3-14(17)9-10-31(24)25)27(34)32(28(23)35)16-6-8-20-21(12-16)37-13-36-20/h1-12,22-25H,13H2/t22-,23-,24+,25+/m0/s1. The molecule has 0 saturated carbocycles. The van der Waals surface area contributed by atoms with E-state index in [1.54, 1.807) is 30.3 Å². The Labute approximate surface area is 221 Å². The summed E-state index contributed by atoms with van der Waals surface area (Å²) in [6, 6.07) is 15.9. The Bertz CT molecular complexity index is 1550. The topological polar surface area (TPSA) is 76.1 Å². The zero-order chi connectivity index (χ0) is 25.4. The lowest BCUT2D eigenvalue weighted by Crippen LogP contribution is -2.44. The number of amides is 2. The van der Waals surface area contributed by atoms with Crippen LogP contribution in [-0.4, -0.2) is 35.3 Å². The predicted octanol–water partition coefficient (Wildman–Crippen LogP) is 5.12. The zero-order valence-corrected chi connectivity index (χ0v) is 20.6. The van der Waals surface area contributed by atoms with Gasteiger partial charge in [-0.05, 0) is 47.5 Å². The number of ketones is 1. The van der Waals surface area contributed by atoms with E-state index in [1.807, 2.05) is 41.4 Å². The van der Waals surface area contributed by atoms with Crippen LogP contribution in [-0.2, 0) is 9.59 Å². The number of Topliss-reactive ketones (excluding diaryl/α,β-unsaturated/α-hetero) is 1. The highest BCUT2D eigenvalue weighted by Gasteiger charge is 2.64. The summed E-state index contributed by atoms with van der Waals surface area (Å²) in [6.07, 6.45) is 3.71. The number of rotatable bonds is 3. The molecule has 0 spiro atoms. The third-order valence-corrected chi connectivity index (χ3v) is 8.09. The van der Waals surface area contributed by atoms with Crippen molar-refractivity contribution < 1.29 is 23.9 Å². The first-order chi connectivity index (χ1) is 17.9. The van der Waals surface area contributed by atoms with Crippen LogP contribution in [0.5, 0.6) is 11.5 Å². The number of ether oxygens (including phenoxy) is 2. The number of anilines is 1. The maximum Gasteiger partial charge on any atom is 0.240 e. The van der Waals surface area contributed by atoms with Crippen LogP contribution in [0.4, 0.5) is 5.69 Å². The molecular formula is C28H18Cl2N2O5. The van der Waals surface area contributed by atoms with E-state index in [0.29, 0.717) is 22.2 Å². The Balaban J connectivity index is 1.37. The van der Waals surface area contributed by atoms with Gasteiger partial charge < -0.3 is 14.4 Å². The van der Waals surface area contributed by atoms with E-state index in [0.717, 1.165) is 11.1 Å². The summed E-state index contributed by atoms with van der Waals surface area (Å²) in [4.78, 5) is 45.1. The summed E-state index contributed by atoms with van der Waals surface area (Å²) >= 11 is 12.5. The van der Waals surface area contributed by atoms with Gasteiger partial charge in [0.25, 0.3) is 0 Å². The second-order valence-electron chi connectivity index (χ2n) is 9.37. The molecule has 37 heavy (non-hydrogen) atoms. The van der Waals surface area contributed by atoms with Gasteiger partial charge in [-0.15, -0.1) is 0 Å². The normalized spacial score (nSPS) is 24.8. The number of halogens is 2. The van der Waals surface area contributed by atoms with Gasteiger partial charge >= 0.3 is 0 Å². The number of imide groups is 1. The van der Waals surface area contributed by atoms with E-state index in [4.69, 9.17) is 32.7 Å². The summed E-state index contributed by atoms with van der Waals surface area (Å²) in [6.45, 7) is 0.0739. The molecule has 184 valence electrons. The van der Waals surface area contributed by atoms with Gasteiger partial charge in [0.2, 0.25) is 18.6 Å². The van der Waals surface area contributed by atoms with Crippen LogP contribution in [0, 0.1) is 11.8 Å². The second kappa shape index (κ2) is 8.10. The number of benzene rings is 3. The molecule has 3 aromatic carbocycles. The molecule has 3 aromatic rings. The maximum atomic E-state index is 14.0. The molecule has 0 unspecified atom stereocenters. The number of carbonyl (C=O) groups is 3. The van der Waals surface area contributed by atoms with Crippen molar-refractivity contribution in [2.45, 2.75) is 12.1 Å². The smallest absolute Gasteiger partial charge is 0.240 e. The largest absolute Gasteiger partial charge is 0.454 e. The van der Waals surface area contributed by atoms with Gasteiger partial charge in [-0.2, -0.15) is 0 Å². The van der Waals surface area contributed by atoms with Crippen molar-refractivity contribution in [1.82, 2.24) is 4.90 Å². The first-order valence-corrected chi connectivity index (χ1v) is 12.5. The maximum absolute atomic E-state index is 14.0. The van der Waals surface area contributed by atoms with Gasteiger partial charge in [-0.3, -0.25) is 14.4 Å². The second-order valence-corrected chi connectivity index (χ2v) is 10.2. The summed E-state index contributed by atoms with van der Waals surface area (Å²) in [5, 5.41) is 0.597. The van der Waals surface area contributed by atoms with Crippen LogP contribution in [0.1, 0.15) is 27.5 Å². The summed E-state index contributed by atoms with van der Waals surface area (Å²) in [5.74, 6) is -1.78. The zero-order valence-electron chi connectivity index (χ0n) is 19.1. The van der Waals surface area contributed by atoms with Crippen LogP contribution in [0.25, 0.3) is 6.08 Å². The lowest BCUT2D eigenvalue weighted by molar-refractivity contribution is -0.123. The molecule has 7 rings (SSSR count). The molecule has 0 bridgehead atoms. The number of hydrogen-bond acceptors (Lipinski definition) is 6. The Kier molecular flexibility index (Phi) is 4.90. The van der Waals surface area contributed by atoms with Crippen LogP contribution in [0.15, 0.2) is 66.9 Å². The Morgan fingerprint density at radius 2 is 1.68 bits per heavy atom. The fourth-order valence-electron chi connectivity index (χ4n) is 5.98.